The molecular weight excluding hydrogens is 178 g/mol. The summed E-state index contributed by atoms with van der Waals surface area (Å²) in [5, 5.41) is 2.59. The van der Waals surface area contributed by atoms with Gasteiger partial charge in [0.25, 0.3) is 0 Å². The summed E-state index contributed by atoms with van der Waals surface area (Å²) in [6, 6.07) is 7.37. The van der Waals surface area contributed by atoms with Gasteiger partial charge in [-0.1, -0.05) is 12.1 Å². The van der Waals surface area contributed by atoms with Crippen LogP contribution in [0.3, 0.4) is 0 Å². The molecule has 0 spiro atoms. The molecule has 1 amide bonds. The minimum atomic E-state index is -0.527. The molecule has 1 aromatic carbocycles. The Hall–Kier alpha value is -1.51. The molecule has 0 aliphatic heterocycles. The molecule has 3 heteroatoms. The van der Waals surface area contributed by atoms with E-state index in [-0.39, 0.29) is 6.04 Å². The second-order valence-corrected chi connectivity index (χ2v) is 3.01. The van der Waals surface area contributed by atoms with Crippen molar-refractivity contribution in [1.29, 1.82) is 0 Å². The van der Waals surface area contributed by atoms with Crippen LogP contribution in [0.15, 0.2) is 24.3 Å². The predicted molar refractivity (Wildman–Crippen MR) is 53.9 cm³/mol. The summed E-state index contributed by atoms with van der Waals surface area (Å²) in [4.78, 5) is 10.6. The lowest BCUT2D eigenvalue weighted by atomic mass is 10.1. The monoisotopic (exact) mass is 191 g/mol. The van der Waals surface area contributed by atoms with E-state index in [0.717, 1.165) is 11.3 Å². The standard InChI is InChI=1S/C11H13NO2/c1-8(12-9(2)13)10-5-4-6-11(7-10)14-3/h2,4-8H,1,3H3,(H,12,13). The molecule has 1 rings (SSSR count). The zero-order valence-corrected chi connectivity index (χ0v) is 8.28. The smallest absolute Gasteiger partial charge is 0.225 e. The molecule has 0 saturated heterocycles. The van der Waals surface area contributed by atoms with E-state index >= 15 is 0 Å². The summed E-state index contributed by atoms with van der Waals surface area (Å²) in [6.07, 6.45) is 0. The van der Waals surface area contributed by atoms with Crippen LogP contribution in [0.5, 0.6) is 5.75 Å². The molecule has 14 heavy (non-hydrogen) atoms. The lowest BCUT2D eigenvalue weighted by Gasteiger charge is -2.13. The van der Waals surface area contributed by atoms with Crippen molar-refractivity contribution in [1.82, 2.24) is 5.32 Å². The average Bonchev–Trinajstić information content (AvgIpc) is 2.17. The third-order valence-electron chi connectivity index (χ3n) is 1.95. The van der Waals surface area contributed by atoms with Crippen molar-refractivity contribution in [2.24, 2.45) is 0 Å². The van der Waals surface area contributed by atoms with Crippen LogP contribution in [-0.2, 0) is 4.79 Å². The Morgan fingerprint density at radius 1 is 1.57 bits per heavy atom. The number of hydrogen-bond acceptors (Lipinski definition) is 2. The first-order chi connectivity index (χ1) is 6.63. The Morgan fingerprint density at radius 2 is 2.29 bits per heavy atom. The molecule has 0 heterocycles. The van der Waals surface area contributed by atoms with Crippen LogP contribution in [0, 0.1) is 6.92 Å². The van der Waals surface area contributed by atoms with Gasteiger partial charge in [0, 0.05) is 0 Å². The van der Waals surface area contributed by atoms with Crippen molar-refractivity contribution in [3.8, 4) is 5.75 Å². The van der Waals surface area contributed by atoms with Crippen molar-refractivity contribution < 1.29 is 9.53 Å². The maximum Gasteiger partial charge on any atom is 0.225 e. The van der Waals surface area contributed by atoms with Gasteiger partial charge in [-0.25, -0.2) is 0 Å². The van der Waals surface area contributed by atoms with Crippen LogP contribution >= 0.6 is 0 Å². The first-order valence-corrected chi connectivity index (χ1v) is 4.33. The Kier molecular flexibility index (Phi) is 3.51. The molecule has 0 fully saturated rings. The molecule has 1 atom stereocenters. The predicted octanol–water partition coefficient (Wildman–Crippen LogP) is 1.58. The minimum absolute atomic E-state index is 0.109. The fourth-order valence-corrected chi connectivity index (χ4v) is 1.21. The molecule has 1 N–H and O–H groups in total. The second-order valence-electron chi connectivity index (χ2n) is 3.01. The molecule has 0 saturated carbocycles. The number of benzene rings is 1. The molecule has 2 radical (unpaired) electrons. The summed E-state index contributed by atoms with van der Waals surface area (Å²) in [5.74, 6) is 0.237. The van der Waals surface area contributed by atoms with Crippen molar-refractivity contribution in [2.75, 3.05) is 7.11 Å². The average molecular weight is 191 g/mol. The van der Waals surface area contributed by atoms with E-state index in [1.165, 1.54) is 0 Å². The van der Waals surface area contributed by atoms with Gasteiger partial charge in [0.05, 0.1) is 20.1 Å². The van der Waals surface area contributed by atoms with E-state index in [1.807, 2.05) is 31.2 Å². The molecule has 3 nitrogen and oxygen atoms in total. The third kappa shape index (κ3) is 2.76. The number of ether oxygens (including phenoxy) is 1. The van der Waals surface area contributed by atoms with E-state index in [2.05, 4.69) is 5.32 Å². The van der Waals surface area contributed by atoms with Crippen LogP contribution in [0.25, 0.3) is 0 Å². The van der Waals surface area contributed by atoms with E-state index in [1.54, 1.807) is 7.11 Å². The van der Waals surface area contributed by atoms with Gasteiger partial charge in [-0.2, -0.15) is 0 Å². The SMILES string of the molecule is [CH]C(=O)NC(C)c1cccc(OC)c1. The fraction of sp³-hybridized carbons (Fsp3) is 0.273. The molecule has 0 aliphatic rings. The quantitative estimate of drug-likeness (QED) is 0.787. The summed E-state index contributed by atoms with van der Waals surface area (Å²) < 4.78 is 5.07. The van der Waals surface area contributed by atoms with Gasteiger partial charge < -0.3 is 10.1 Å². The van der Waals surface area contributed by atoms with E-state index in [0.29, 0.717) is 0 Å². The summed E-state index contributed by atoms with van der Waals surface area (Å²) in [7, 11) is 1.60. The third-order valence-corrected chi connectivity index (χ3v) is 1.95. The van der Waals surface area contributed by atoms with Crippen LogP contribution in [-0.4, -0.2) is 13.0 Å². The Morgan fingerprint density at radius 3 is 2.86 bits per heavy atom. The number of carbonyl (C=O) groups is 1. The number of methoxy groups -OCH3 is 1. The van der Waals surface area contributed by atoms with Crippen LogP contribution < -0.4 is 10.1 Å². The number of nitrogens with one attached hydrogen (secondary N) is 1. The van der Waals surface area contributed by atoms with Crippen molar-refractivity contribution >= 4 is 5.91 Å². The van der Waals surface area contributed by atoms with Crippen LogP contribution in [0.1, 0.15) is 18.5 Å². The number of hydrogen-bond donors (Lipinski definition) is 1. The molecule has 74 valence electrons. The molecule has 1 aromatic rings. The van der Waals surface area contributed by atoms with Crippen molar-refractivity contribution in [3.05, 3.63) is 36.8 Å². The summed E-state index contributed by atoms with van der Waals surface area (Å²) in [5.41, 5.74) is 0.961. The fourth-order valence-electron chi connectivity index (χ4n) is 1.21. The Bertz CT molecular complexity index is 323. The Balaban J connectivity index is 2.78. The molecule has 0 aromatic heterocycles. The van der Waals surface area contributed by atoms with Gasteiger partial charge in [0.15, 0.2) is 0 Å². The largest absolute Gasteiger partial charge is 0.497 e. The maximum absolute atomic E-state index is 10.6. The maximum atomic E-state index is 10.6. The highest BCUT2D eigenvalue weighted by molar-refractivity contribution is 5.80. The van der Waals surface area contributed by atoms with E-state index in [4.69, 9.17) is 11.7 Å². The highest BCUT2D eigenvalue weighted by Gasteiger charge is 2.06. The zero-order chi connectivity index (χ0) is 10.6. The van der Waals surface area contributed by atoms with Gasteiger partial charge in [-0.05, 0) is 24.6 Å². The second kappa shape index (κ2) is 4.65. The zero-order valence-electron chi connectivity index (χ0n) is 8.28. The molecule has 1 unspecified atom stereocenters. The number of rotatable bonds is 3. The molecule has 0 aliphatic carbocycles. The van der Waals surface area contributed by atoms with Crippen molar-refractivity contribution in [2.45, 2.75) is 13.0 Å². The lowest BCUT2D eigenvalue weighted by molar-refractivity contribution is -0.117. The number of carbonyl (C=O) groups excluding carboxylic acids is 1. The Labute approximate surface area is 84.1 Å². The van der Waals surface area contributed by atoms with Gasteiger partial charge in [-0.3, -0.25) is 4.79 Å². The van der Waals surface area contributed by atoms with Gasteiger partial charge in [0.1, 0.15) is 5.75 Å². The van der Waals surface area contributed by atoms with Crippen molar-refractivity contribution in [3.63, 3.8) is 0 Å². The lowest BCUT2D eigenvalue weighted by Crippen LogP contribution is -2.23. The molecular formula is C11H13NO2. The number of amides is 1. The van der Waals surface area contributed by atoms with Gasteiger partial charge in [0.2, 0.25) is 5.91 Å². The summed E-state index contributed by atoms with van der Waals surface area (Å²) >= 11 is 0. The van der Waals surface area contributed by atoms with E-state index in [9.17, 15) is 4.79 Å². The highest BCUT2D eigenvalue weighted by atomic mass is 16.5. The highest BCUT2D eigenvalue weighted by Crippen LogP contribution is 2.18. The normalized spacial score (nSPS) is 11.9. The van der Waals surface area contributed by atoms with E-state index < -0.39 is 5.91 Å². The first kappa shape index (κ1) is 10.6. The summed E-state index contributed by atoms with van der Waals surface area (Å²) in [6.45, 7) is 6.88. The van der Waals surface area contributed by atoms with Crippen LogP contribution in [0.2, 0.25) is 0 Å². The first-order valence-electron chi connectivity index (χ1n) is 4.33. The van der Waals surface area contributed by atoms with Gasteiger partial charge >= 0.3 is 0 Å². The molecule has 0 bridgehead atoms. The minimum Gasteiger partial charge on any atom is -0.497 e. The van der Waals surface area contributed by atoms with Gasteiger partial charge in [-0.15, -0.1) is 0 Å². The van der Waals surface area contributed by atoms with Crippen LogP contribution in [0.4, 0.5) is 0 Å². The topological polar surface area (TPSA) is 38.3 Å².